The Balaban J connectivity index is 2.43. The van der Waals surface area contributed by atoms with Gasteiger partial charge in [-0.15, -0.1) is 0 Å². The van der Waals surface area contributed by atoms with Gasteiger partial charge in [-0.05, 0) is 18.2 Å². The molecule has 20 heavy (non-hydrogen) atoms. The maximum absolute atomic E-state index is 11.9. The maximum Gasteiger partial charge on any atom is 0.294 e. The van der Waals surface area contributed by atoms with Crippen LogP contribution in [0.3, 0.4) is 0 Å². The van der Waals surface area contributed by atoms with Crippen LogP contribution in [0.25, 0.3) is 0 Å². The molecule has 0 radical (unpaired) electrons. The Labute approximate surface area is 115 Å². The predicted octanol–water partition coefficient (Wildman–Crippen LogP) is -0.646. The highest BCUT2D eigenvalue weighted by Crippen LogP contribution is 2.31. The van der Waals surface area contributed by atoms with E-state index in [1.54, 1.807) is 0 Å². The SMILES string of the molecule is NC(=O)C1CC(=O)N(c2cc(S(=O)(=O)O)ccc2N)C1. The van der Waals surface area contributed by atoms with E-state index in [0.29, 0.717) is 0 Å². The van der Waals surface area contributed by atoms with Crippen LogP contribution in [0, 0.1) is 5.92 Å². The van der Waals surface area contributed by atoms with Crippen LogP contribution in [0.4, 0.5) is 11.4 Å². The zero-order valence-corrected chi connectivity index (χ0v) is 11.1. The highest BCUT2D eigenvalue weighted by molar-refractivity contribution is 7.85. The number of anilines is 2. The molecule has 1 saturated heterocycles. The molecule has 9 heteroatoms. The summed E-state index contributed by atoms with van der Waals surface area (Å²) >= 11 is 0. The summed E-state index contributed by atoms with van der Waals surface area (Å²) in [5.41, 5.74) is 11.2. The summed E-state index contributed by atoms with van der Waals surface area (Å²) in [6, 6.07) is 3.48. The Morgan fingerprint density at radius 1 is 1.40 bits per heavy atom. The van der Waals surface area contributed by atoms with Gasteiger partial charge >= 0.3 is 0 Å². The van der Waals surface area contributed by atoms with Crippen LogP contribution < -0.4 is 16.4 Å². The van der Waals surface area contributed by atoms with Gasteiger partial charge in [0.15, 0.2) is 0 Å². The highest BCUT2D eigenvalue weighted by Gasteiger charge is 2.35. The number of carbonyl (C=O) groups excluding carboxylic acids is 2. The van der Waals surface area contributed by atoms with Crippen molar-refractivity contribution in [1.29, 1.82) is 0 Å². The summed E-state index contributed by atoms with van der Waals surface area (Å²) < 4.78 is 31.2. The molecule has 8 nitrogen and oxygen atoms in total. The third-order valence-corrected chi connectivity index (χ3v) is 3.97. The zero-order valence-electron chi connectivity index (χ0n) is 10.3. The number of nitrogens with zero attached hydrogens (tertiary/aromatic N) is 1. The molecular formula is C11H13N3O5S. The van der Waals surface area contributed by atoms with Gasteiger partial charge < -0.3 is 16.4 Å². The van der Waals surface area contributed by atoms with E-state index in [4.69, 9.17) is 16.0 Å². The third kappa shape index (κ3) is 2.58. The predicted molar refractivity (Wildman–Crippen MR) is 70.3 cm³/mol. The van der Waals surface area contributed by atoms with E-state index in [1.807, 2.05) is 0 Å². The van der Waals surface area contributed by atoms with Crippen molar-refractivity contribution in [3.63, 3.8) is 0 Å². The van der Waals surface area contributed by atoms with Crippen molar-refractivity contribution in [3.8, 4) is 0 Å². The van der Waals surface area contributed by atoms with Crippen LogP contribution in [0.1, 0.15) is 6.42 Å². The van der Waals surface area contributed by atoms with E-state index in [1.165, 1.54) is 11.0 Å². The minimum atomic E-state index is -4.40. The van der Waals surface area contributed by atoms with Crippen LogP contribution in [-0.4, -0.2) is 31.3 Å². The molecule has 1 aliphatic rings. The van der Waals surface area contributed by atoms with Crippen molar-refractivity contribution in [2.24, 2.45) is 11.7 Å². The van der Waals surface area contributed by atoms with Crippen LogP contribution in [-0.2, 0) is 19.7 Å². The van der Waals surface area contributed by atoms with Crippen molar-refractivity contribution in [2.75, 3.05) is 17.2 Å². The first-order chi connectivity index (χ1) is 9.20. The molecule has 1 aromatic rings. The Bertz CT molecular complexity index is 685. The van der Waals surface area contributed by atoms with Gasteiger partial charge in [0, 0.05) is 13.0 Å². The second-order valence-electron chi connectivity index (χ2n) is 4.50. The monoisotopic (exact) mass is 299 g/mol. The lowest BCUT2D eigenvalue weighted by molar-refractivity contribution is -0.123. The third-order valence-electron chi connectivity index (χ3n) is 3.12. The molecule has 0 spiro atoms. The van der Waals surface area contributed by atoms with Crippen molar-refractivity contribution in [3.05, 3.63) is 18.2 Å². The first-order valence-corrected chi connectivity index (χ1v) is 7.11. The quantitative estimate of drug-likeness (QED) is 0.500. The molecule has 0 aliphatic carbocycles. The fourth-order valence-corrected chi connectivity index (χ4v) is 2.55. The summed E-state index contributed by atoms with van der Waals surface area (Å²) in [7, 11) is -4.40. The summed E-state index contributed by atoms with van der Waals surface area (Å²) in [5.74, 6) is -1.63. The molecule has 1 heterocycles. The molecule has 0 saturated carbocycles. The number of primary amides is 1. The molecule has 0 aromatic heterocycles. The van der Waals surface area contributed by atoms with Gasteiger partial charge in [-0.25, -0.2) is 0 Å². The van der Waals surface area contributed by atoms with E-state index >= 15 is 0 Å². The molecule has 2 rings (SSSR count). The minimum absolute atomic E-state index is 0.0350. The number of amides is 2. The molecule has 1 atom stereocenters. The van der Waals surface area contributed by atoms with Gasteiger partial charge in [-0.3, -0.25) is 14.1 Å². The fraction of sp³-hybridized carbons (Fsp3) is 0.273. The second-order valence-corrected chi connectivity index (χ2v) is 5.92. The van der Waals surface area contributed by atoms with Gasteiger partial charge in [-0.2, -0.15) is 8.42 Å². The molecule has 108 valence electrons. The number of benzene rings is 1. The average molecular weight is 299 g/mol. The number of hydrogen-bond acceptors (Lipinski definition) is 5. The van der Waals surface area contributed by atoms with Crippen LogP contribution in [0.2, 0.25) is 0 Å². The largest absolute Gasteiger partial charge is 0.397 e. The maximum atomic E-state index is 11.9. The lowest BCUT2D eigenvalue weighted by Gasteiger charge is -2.19. The van der Waals surface area contributed by atoms with Crippen LogP contribution in [0.5, 0.6) is 0 Å². The number of rotatable bonds is 3. The lowest BCUT2D eigenvalue weighted by atomic mass is 10.1. The molecular weight excluding hydrogens is 286 g/mol. The molecule has 1 fully saturated rings. The van der Waals surface area contributed by atoms with E-state index < -0.39 is 21.9 Å². The van der Waals surface area contributed by atoms with Crippen LogP contribution >= 0.6 is 0 Å². The zero-order chi connectivity index (χ0) is 15.1. The van der Waals surface area contributed by atoms with Gasteiger partial charge in [0.2, 0.25) is 11.8 Å². The molecule has 1 unspecified atom stereocenters. The van der Waals surface area contributed by atoms with E-state index in [2.05, 4.69) is 0 Å². The normalized spacial score (nSPS) is 19.4. The second kappa shape index (κ2) is 4.76. The number of carbonyl (C=O) groups is 2. The number of hydrogen-bond donors (Lipinski definition) is 3. The summed E-state index contributed by atoms with van der Waals surface area (Å²) in [5, 5.41) is 0. The topological polar surface area (TPSA) is 144 Å². The fourth-order valence-electron chi connectivity index (χ4n) is 2.05. The molecule has 1 aliphatic heterocycles. The number of nitrogen functional groups attached to an aromatic ring is 1. The van der Waals surface area contributed by atoms with Crippen molar-refractivity contribution >= 4 is 33.3 Å². The smallest absolute Gasteiger partial charge is 0.294 e. The molecule has 0 bridgehead atoms. The van der Waals surface area contributed by atoms with Crippen molar-refractivity contribution < 1.29 is 22.6 Å². The average Bonchev–Trinajstić information content (AvgIpc) is 2.70. The van der Waals surface area contributed by atoms with Gasteiger partial charge in [0.05, 0.1) is 22.2 Å². The molecule has 2 amide bonds. The van der Waals surface area contributed by atoms with E-state index in [-0.39, 0.29) is 35.1 Å². The number of nitrogens with two attached hydrogens (primary N) is 2. The Hall–Kier alpha value is -2.13. The van der Waals surface area contributed by atoms with Gasteiger partial charge in [-0.1, -0.05) is 0 Å². The van der Waals surface area contributed by atoms with Gasteiger partial charge in [0.25, 0.3) is 10.1 Å². The van der Waals surface area contributed by atoms with E-state index in [0.717, 1.165) is 12.1 Å². The molecule has 5 N–H and O–H groups in total. The van der Waals surface area contributed by atoms with Crippen molar-refractivity contribution in [2.45, 2.75) is 11.3 Å². The first kappa shape index (κ1) is 14.3. The van der Waals surface area contributed by atoms with E-state index in [9.17, 15) is 18.0 Å². The summed E-state index contributed by atoms with van der Waals surface area (Å²) in [4.78, 5) is 23.8. The minimum Gasteiger partial charge on any atom is -0.397 e. The Morgan fingerprint density at radius 3 is 2.55 bits per heavy atom. The molecule has 1 aromatic carbocycles. The van der Waals surface area contributed by atoms with Crippen molar-refractivity contribution in [1.82, 2.24) is 0 Å². The lowest BCUT2D eigenvalue weighted by Crippen LogP contribution is -2.29. The Morgan fingerprint density at radius 2 is 2.05 bits per heavy atom. The first-order valence-electron chi connectivity index (χ1n) is 5.67. The Kier molecular flexibility index (Phi) is 3.40. The summed E-state index contributed by atoms with van der Waals surface area (Å²) in [6.07, 6.45) is -0.0507. The highest BCUT2D eigenvalue weighted by atomic mass is 32.2. The standard InChI is InChI=1S/C11H13N3O5S/c12-8-2-1-7(20(17,18)19)4-9(8)14-5-6(11(13)16)3-10(14)15/h1-2,4,6H,3,5,12H2,(H2,13,16)(H,17,18,19). The summed E-state index contributed by atoms with van der Waals surface area (Å²) in [6.45, 7) is 0.0350. The van der Waals surface area contributed by atoms with Crippen LogP contribution in [0.15, 0.2) is 23.1 Å². The van der Waals surface area contributed by atoms with Gasteiger partial charge in [0.1, 0.15) is 0 Å².